The lowest BCUT2D eigenvalue weighted by Crippen LogP contribution is -2.15. The minimum Gasteiger partial charge on any atom is -0.505 e. The number of amides is 1. The normalized spacial score (nSPS) is 9.96. The zero-order valence-corrected chi connectivity index (χ0v) is 13.5. The van der Waals surface area contributed by atoms with Gasteiger partial charge in [0, 0.05) is 0 Å². The maximum Gasteiger partial charge on any atom is 0.341 e. The number of aromatic hydroxyl groups is 1. The average Bonchev–Trinajstić information content (AvgIpc) is 2.61. The van der Waals surface area contributed by atoms with Crippen molar-refractivity contribution in [2.45, 2.75) is 0 Å². The van der Waals surface area contributed by atoms with Gasteiger partial charge >= 0.3 is 5.97 Å². The Morgan fingerprint density at radius 1 is 0.958 bits per heavy atom. The van der Waals surface area contributed by atoms with Crippen molar-refractivity contribution in [1.29, 1.82) is 0 Å². The van der Waals surface area contributed by atoms with E-state index in [9.17, 15) is 14.7 Å². The first-order chi connectivity index (χ1) is 11.5. The number of para-hydroxylation sites is 1. The van der Waals surface area contributed by atoms with Gasteiger partial charge < -0.3 is 24.6 Å². The zero-order chi connectivity index (χ0) is 17.7. The van der Waals surface area contributed by atoms with E-state index in [-0.39, 0.29) is 22.6 Å². The second-order valence-corrected chi connectivity index (χ2v) is 4.68. The Morgan fingerprint density at radius 3 is 2.08 bits per heavy atom. The van der Waals surface area contributed by atoms with Crippen molar-refractivity contribution in [3.63, 3.8) is 0 Å². The van der Waals surface area contributed by atoms with Crippen molar-refractivity contribution in [3.05, 3.63) is 47.5 Å². The van der Waals surface area contributed by atoms with Gasteiger partial charge in [0.2, 0.25) is 0 Å². The first kappa shape index (κ1) is 17.1. The summed E-state index contributed by atoms with van der Waals surface area (Å²) in [6.07, 6.45) is 0. The molecule has 0 saturated heterocycles. The first-order valence-electron chi connectivity index (χ1n) is 6.96. The van der Waals surface area contributed by atoms with Crippen LogP contribution < -0.4 is 14.8 Å². The highest BCUT2D eigenvalue weighted by Gasteiger charge is 2.21. The molecule has 0 aliphatic rings. The lowest BCUT2D eigenvalue weighted by molar-refractivity contribution is 0.0597. The molecule has 0 bridgehead atoms. The monoisotopic (exact) mass is 331 g/mol. The fraction of sp³-hybridized carbons (Fsp3) is 0.176. The highest BCUT2D eigenvalue weighted by atomic mass is 16.5. The molecule has 7 heteroatoms. The fourth-order valence-corrected chi connectivity index (χ4v) is 2.18. The molecule has 0 unspecified atom stereocenters. The summed E-state index contributed by atoms with van der Waals surface area (Å²) in [5, 5.41) is 12.7. The topological polar surface area (TPSA) is 94.1 Å². The smallest absolute Gasteiger partial charge is 0.341 e. The number of ether oxygens (including phenoxy) is 3. The molecule has 0 saturated carbocycles. The van der Waals surface area contributed by atoms with Crippen molar-refractivity contribution in [1.82, 2.24) is 0 Å². The maximum atomic E-state index is 12.6. The van der Waals surface area contributed by atoms with Crippen LogP contribution in [0.15, 0.2) is 36.4 Å². The predicted molar refractivity (Wildman–Crippen MR) is 86.9 cm³/mol. The Bertz CT molecular complexity index is 749. The molecule has 2 N–H and O–H groups in total. The van der Waals surface area contributed by atoms with E-state index in [0.29, 0.717) is 11.5 Å². The summed E-state index contributed by atoms with van der Waals surface area (Å²) < 4.78 is 14.9. The molecule has 2 aromatic rings. The van der Waals surface area contributed by atoms with Gasteiger partial charge in [0.1, 0.15) is 22.6 Å². The van der Waals surface area contributed by atoms with Crippen molar-refractivity contribution >= 4 is 17.6 Å². The third-order valence-corrected chi connectivity index (χ3v) is 3.34. The molecular weight excluding hydrogens is 314 g/mol. The minimum absolute atomic E-state index is 0.0534. The van der Waals surface area contributed by atoms with Gasteiger partial charge in [0.25, 0.3) is 5.91 Å². The summed E-state index contributed by atoms with van der Waals surface area (Å²) in [6, 6.07) is 9.28. The molecule has 24 heavy (non-hydrogen) atoms. The van der Waals surface area contributed by atoms with Gasteiger partial charge in [-0.2, -0.15) is 0 Å². The van der Waals surface area contributed by atoms with Crippen LogP contribution >= 0.6 is 0 Å². The van der Waals surface area contributed by atoms with Gasteiger partial charge in [-0.3, -0.25) is 4.79 Å². The molecule has 0 spiro atoms. The molecular formula is C17H17NO6. The molecule has 2 aromatic carbocycles. The summed E-state index contributed by atoms with van der Waals surface area (Å²) in [4.78, 5) is 24.2. The van der Waals surface area contributed by atoms with Gasteiger partial charge in [-0.15, -0.1) is 0 Å². The van der Waals surface area contributed by atoms with Gasteiger partial charge in [0.05, 0.1) is 27.0 Å². The number of carbonyl (C=O) groups excluding carboxylic acids is 2. The molecule has 0 radical (unpaired) electrons. The molecule has 126 valence electrons. The van der Waals surface area contributed by atoms with E-state index in [1.807, 2.05) is 0 Å². The Kier molecular flexibility index (Phi) is 5.26. The van der Waals surface area contributed by atoms with Crippen LogP contribution in [0.5, 0.6) is 17.2 Å². The van der Waals surface area contributed by atoms with E-state index in [0.717, 1.165) is 0 Å². The molecule has 2 rings (SSSR count). The molecule has 0 aliphatic carbocycles. The van der Waals surface area contributed by atoms with Crippen LogP contribution in [0.3, 0.4) is 0 Å². The van der Waals surface area contributed by atoms with E-state index >= 15 is 0 Å². The number of esters is 1. The lowest BCUT2D eigenvalue weighted by atomic mass is 10.1. The van der Waals surface area contributed by atoms with E-state index in [1.165, 1.54) is 39.5 Å². The van der Waals surface area contributed by atoms with Gasteiger partial charge in [0.15, 0.2) is 5.75 Å². The van der Waals surface area contributed by atoms with Crippen molar-refractivity contribution in [3.8, 4) is 17.2 Å². The number of hydrogen-bond donors (Lipinski definition) is 2. The molecule has 0 atom stereocenters. The highest BCUT2D eigenvalue weighted by Crippen LogP contribution is 2.32. The van der Waals surface area contributed by atoms with E-state index in [1.54, 1.807) is 18.2 Å². The van der Waals surface area contributed by atoms with Gasteiger partial charge in [-0.1, -0.05) is 12.1 Å². The third kappa shape index (κ3) is 3.24. The Balaban J connectivity index is 2.40. The maximum absolute atomic E-state index is 12.6. The van der Waals surface area contributed by atoms with Crippen LogP contribution in [-0.4, -0.2) is 38.3 Å². The Morgan fingerprint density at radius 2 is 1.54 bits per heavy atom. The fourth-order valence-electron chi connectivity index (χ4n) is 2.18. The van der Waals surface area contributed by atoms with Crippen molar-refractivity contribution in [2.75, 3.05) is 26.6 Å². The number of phenolic OH excluding ortho intramolecular Hbond substituents is 1. The number of carbonyl (C=O) groups is 2. The van der Waals surface area contributed by atoms with Gasteiger partial charge in [-0.25, -0.2) is 4.79 Å². The number of nitrogens with one attached hydrogen (secondary N) is 1. The highest BCUT2D eigenvalue weighted by molar-refractivity contribution is 6.09. The standard InChI is InChI=1S/C17H17NO6/c1-22-12-8-5-9-13(23-2)14(12)16(20)18-11-7-4-6-10(15(11)19)17(21)24-3/h4-9,19H,1-3H3,(H,18,20). The SMILES string of the molecule is COC(=O)c1cccc(NC(=O)c2c(OC)cccc2OC)c1O. The van der Waals surface area contributed by atoms with Crippen LogP contribution in [0, 0.1) is 0 Å². The first-order valence-corrected chi connectivity index (χ1v) is 6.96. The molecule has 0 heterocycles. The third-order valence-electron chi connectivity index (χ3n) is 3.34. The lowest BCUT2D eigenvalue weighted by Gasteiger charge is -2.14. The summed E-state index contributed by atoms with van der Waals surface area (Å²) in [5.41, 5.74) is 0.184. The van der Waals surface area contributed by atoms with E-state index < -0.39 is 11.9 Å². The van der Waals surface area contributed by atoms with Crippen LogP contribution in [0.2, 0.25) is 0 Å². The molecule has 7 nitrogen and oxygen atoms in total. The summed E-state index contributed by atoms with van der Waals surface area (Å²) in [7, 11) is 4.06. The van der Waals surface area contributed by atoms with Crippen LogP contribution in [0.1, 0.15) is 20.7 Å². The predicted octanol–water partition coefficient (Wildman–Crippen LogP) is 2.45. The van der Waals surface area contributed by atoms with Crippen molar-refractivity contribution in [2.24, 2.45) is 0 Å². The quantitative estimate of drug-likeness (QED) is 0.645. The van der Waals surface area contributed by atoms with E-state index in [2.05, 4.69) is 10.1 Å². The number of anilines is 1. The van der Waals surface area contributed by atoms with Crippen LogP contribution in [0.4, 0.5) is 5.69 Å². The Labute approximate surface area is 138 Å². The molecule has 0 aliphatic heterocycles. The zero-order valence-electron chi connectivity index (χ0n) is 13.5. The summed E-state index contributed by atoms with van der Waals surface area (Å²) >= 11 is 0. The number of rotatable bonds is 5. The second kappa shape index (κ2) is 7.36. The average molecular weight is 331 g/mol. The molecule has 0 fully saturated rings. The molecule has 0 aromatic heterocycles. The molecule has 1 amide bonds. The largest absolute Gasteiger partial charge is 0.505 e. The minimum atomic E-state index is -0.710. The number of methoxy groups -OCH3 is 3. The summed E-state index contributed by atoms with van der Waals surface area (Å²) in [6.45, 7) is 0. The summed E-state index contributed by atoms with van der Waals surface area (Å²) in [5.74, 6) is -1.02. The number of benzene rings is 2. The number of phenols is 1. The van der Waals surface area contributed by atoms with Crippen LogP contribution in [0.25, 0.3) is 0 Å². The second-order valence-electron chi connectivity index (χ2n) is 4.68. The van der Waals surface area contributed by atoms with Crippen LogP contribution in [-0.2, 0) is 4.74 Å². The Hall–Kier alpha value is -3.22. The number of hydrogen-bond acceptors (Lipinski definition) is 6. The van der Waals surface area contributed by atoms with Gasteiger partial charge in [-0.05, 0) is 24.3 Å². The van der Waals surface area contributed by atoms with Crippen molar-refractivity contribution < 1.29 is 28.9 Å². The van der Waals surface area contributed by atoms with E-state index in [4.69, 9.17) is 9.47 Å².